The second-order valence-electron chi connectivity index (χ2n) is 2.27. The van der Waals surface area contributed by atoms with Gasteiger partial charge in [0.1, 0.15) is 10.7 Å². The third-order valence-electron chi connectivity index (χ3n) is 1.23. The number of hydrogen-bond acceptors (Lipinski definition) is 3. The Kier molecular flexibility index (Phi) is 3.14. The van der Waals surface area contributed by atoms with Gasteiger partial charge in [-0.1, -0.05) is 0 Å². The summed E-state index contributed by atoms with van der Waals surface area (Å²) in [6, 6.07) is 1.81. The van der Waals surface area contributed by atoms with Crippen molar-refractivity contribution < 1.29 is 22.3 Å². The Morgan fingerprint density at radius 3 is 2.53 bits per heavy atom. The quantitative estimate of drug-likeness (QED) is 0.588. The zero-order valence-corrected chi connectivity index (χ0v) is 8.36. The normalized spacial score (nSPS) is 10.9. The van der Waals surface area contributed by atoms with Crippen LogP contribution in [0.3, 0.4) is 0 Å². The van der Waals surface area contributed by atoms with Gasteiger partial charge in [-0.25, -0.2) is 9.37 Å². The van der Waals surface area contributed by atoms with Gasteiger partial charge in [-0.2, -0.15) is 5.26 Å². The Hall–Kier alpha value is -1.36. The maximum atomic E-state index is 12.9. The summed E-state index contributed by atoms with van der Waals surface area (Å²) in [5.74, 6) is -2.01. The van der Waals surface area contributed by atoms with Gasteiger partial charge in [-0.15, -0.1) is 13.2 Å². The van der Waals surface area contributed by atoms with Crippen LogP contribution in [0.4, 0.5) is 17.6 Å². The van der Waals surface area contributed by atoms with Crippen LogP contribution < -0.4 is 4.74 Å². The molecule has 80 valence electrons. The summed E-state index contributed by atoms with van der Waals surface area (Å²) < 4.78 is 51.2. The molecule has 0 bridgehead atoms. The Morgan fingerprint density at radius 1 is 1.47 bits per heavy atom. The summed E-state index contributed by atoms with van der Waals surface area (Å²) in [6.45, 7) is 0. The predicted molar refractivity (Wildman–Crippen MR) is 43.3 cm³/mol. The van der Waals surface area contributed by atoms with Crippen molar-refractivity contribution in [2.75, 3.05) is 0 Å². The van der Waals surface area contributed by atoms with Crippen molar-refractivity contribution in [2.45, 2.75) is 6.36 Å². The zero-order chi connectivity index (χ0) is 11.6. The first-order chi connectivity index (χ1) is 6.83. The van der Waals surface area contributed by atoms with Crippen LogP contribution in [0.1, 0.15) is 5.69 Å². The number of hydrogen-bond donors (Lipinski definition) is 0. The number of nitrogens with zero attached hydrogens (tertiary/aromatic N) is 2. The second kappa shape index (κ2) is 4.02. The van der Waals surface area contributed by atoms with Gasteiger partial charge in [0, 0.05) is 6.07 Å². The maximum Gasteiger partial charge on any atom is 0.573 e. The van der Waals surface area contributed by atoms with Gasteiger partial charge in [0.25, 0.3) is 0 Å². The van der Waals surface area contributed by atoms with Gasteiger partial charge in [0.2, 0.25) is 0 Å². The van der Waals surface area contributed by atoms with Gasteiger partial charge >= 0.3 is 6.36 Å². The summed E-state index contributed by atoms with van der Waals surface area (Å²) in [4.78, 5) is 3.23. The topological polar surface area (TPSA) is 45.9 Å². The van der Waals surface area contributed by atoms with E-state index in [1.807, 2.05) is 0 Å². The summed E-state index contributed by atoms with van der Waals surface area (Å²) in [5.41, 5.74) is -0.614. The predicted octanol–water partition coefficient (Wildman–Crippen LogP) is 2.75. The lowest BCUT2D eigenvalue weighted by molar-refractivity contribution is -0.275. The van der Waals surface area contributed by atoms with Crippen molar-refractivity contribution in [3.63, 3.8) is 0 Å². The van der Waals surface area contributed by atoms with Crippen LogP contribution >= 0.6 is 15.9 Å². The molecule has 0 aliphatic rings. The average molecular weight is 285 g/mol. The smallest absolute Gasteiger partial charge is 0.403 e. The van der Waals surface area contributed by atoms with E-state index in [0.29, 0.717) is 6.07 Å². The van der Waals surface area contributed by atoms with E-state index in [0.717, 1.165) is 0 Å². The molecule has 0 saturated carbocycles. The molecule has 0 saturated heterocycles. The fourth-order valence-electron chi connectivity index (χ4n) is 0.724. The highest BCUT2D eigenvalue weighted by Crippen LogP contribution is 2.30. The van der Waals surface area contributed by atoms with E-state index in [1.165, 1.54) is 6.07 Å². The minimum Gasteiger partial charge on any atom is -0.403 e. The minimum absolute atomic E-state index is 0.391. The molecule has 0 amide bonds. The van der Waals surface area contributed by atoms with Crippen molar-refractivity contribution in [3.8, 4) is 11.8 Å². The molecule has 0 spiro atoms. The number of aromatic nitrogens is 1. The SMILES string of the molecule is N#Cc1nc(Br)c(OC(F)(F)F)cc1F. The van der Waals surface area contributed by atoms with Gasteiger partial charge < -0.3 is 4.74 Å². The number of halogens is 5. The molecule has 15 heavy (non-hydrogen) atoms. The molecule has 0 aromatic carbocycles. The first kappa shape index (κ1) is 11.7. The lowest BCUT2D eigenvalue weighted by Gasteiger charge is -2.09. The molecule has 1 rings (SSSR count). The van der Waals surface area contributed by atoms with Crippen molar-refractivity contribution in [3.05, 3.63) is 22.2 Å². The first-order valence-corrected chi connectivity index (χ1v) is 4.14. The molecular formula is C7HBrF4N2O. The molecule has 0 N–H and O–H groups in total. The second-order valence-corrected chi connectivity index (χ2v) is 3.02. The molecule has 0 fully saturated rings. The van der Waals surface area contributed by atoms with Gasteiger partial charge in [-0.05, 0) is 15.9 Å². The highest BCUT2D eigenvalue weighted by molar-refractivity contribution is 9.10. The Balaban J connectivity index is 3.13. The summed E-state index contributed by atoms with van der Waals surface area (Å²) in [7, 11) is 0. The number of ether oxygens (including phenoxy) is 1. The Morgan fingerprint density at radius 2 is 2.07 bits per heavy atom. The molecular weight excluding hydrogens is 284 g/mol. The van der Waals surface area contributed by atoms with Crippen molar-refractivity contribution in [2.24, 2.45) is 0 Å². The van der Waals surface area contributed by atoms with E-state index >= 15 is 0 Å². The summed E-state index contributed by atoms with van der Waals surface area (Å²) >= 11 is 2.62. The van der Waals surface area contributed by atoms with Gasteiger partial charge in [-0.3, -0.25) is 0 Å². The molecule has 0 aliphatic carbocycles. The first-order valence-electron chi connectivity index (χ1n) is 3.35. The van der Waals surface area contributed by atoms with E-state index in [4.69, 9.17) is 5.26 Å². The summed E-state index contributed by atoms with van der Waals surface area (Å²) in [6.07, 6.45) is -4.94. The van der Waals surface area contributed by atoms with E-state index in [9.17, 15) is 17.6 Å². The Bertz CT molecular complexity index is 426. The van der Waals surface area contributed by atoms with Crippen LogP contribution in [0.25, 0.3) is 0 Å². The van der Waals surface area contributed by atoms with Crippen LogP contribution in [0.2, 0.25) is 0 Å². The van der Waals surface area contributed by atoms with Crippen LogP contribution in [0.5, 0.6) is 5.75 Å². The zero-order valence-electron chi connectivity index (χ0n) is 6.77. The molecule has 1 aromatic heterocycles. The molecule has 0 aliphatic heterocycles. The van der Waals surface area contributed by atoms with Crippen molar-refractivity contribution in [1.29, 1.82) is 5.26 Å². The lowest BCUT2D eigenvalue weighted by atomic mass is 10.3. The molecule has 8 heteroatoms. The number of rotatable bonds is 1. The van der Waals surface area contributed by atoms with Crippen LogP contribution in [0, 0.1) is 17.1 Å². The molecule has 1 heterocycles. The van der Waals surface area contributed by atoms with E-state index in [2.05, 4.69) is 25.7 Å². The Labute approximate surface area is 89.4 Å². The fourth-order valence-corrected chi connectivity index (χ4v) is 1.10. The minimum atomic E-state index is -4.94. The van der Waals surface area contributed by atoms with E-state index < -0.39 is 28.2 Å². The standard InChI is InChI=1S/C7HBrF4N2O/c8-6-5(15-7(10,11)12)1-3(9)4(2-13)14-6/h1H. The molecule has 0 unspecified atom stereocenters. The summed E-state index contributed by atoms with van der Waals surface area (Å²) in [5, 5.41) is 8.33. The van der Waals surface area contributed by atoms with Gasteiger partial charge in [0.15, 0.2) is 17.3 Å². The van der Waals surface area contributed by atoms with Gasteiger partial charge in [0.05, 0.1) is 0 Å². The van der Waals surface area contributed by atoms with E-state index in [-0.39, 0.29) is 0 Å². The highest BCUT2D eigenvalue weighted by Gasteiger charge is 2.32. The molecule has 0 atom stereocenters. The molecule has 3 nitrogen and oxygen atoms in total. The monoisotopic (exact) mass is 284 g/mol. The number of alkyl halides is 3. The van der Waals surface area contributed by atoms with E-state index in [1.54, 1.807) is 0 Å². The van der Waals surface area contributed by atoms with Crippen LogP contribution in [-0.2, 0) is 0 Å². The third kappa shape index (κ3) is 3.06. The van der Waals surface area contributed by atoms with Crippen molar-refractivity contribution >= 4 is 15.9 Å². The third-order valence-corrected chi connectivity index (χ3v) is 1.80. The fraction of sp³-hybridized carbons (Fsp3) is 0.143. The van der Waals surface area contributed by atoms with Crippen LogP contribution in [0.15, 0.2) is 10.7 Å². The number of nitriles is 1. The molecule has 1 aromatic rings. The van der Waals surface area contributed by atoms with Crippen LogP contribution in [-0.4, -0.2) is 11.3 Å². The lowest BCUT2D eigenvalue weighted by Crippen LogP contribution is -2.18. The number of pyridine rings is 1. The highest BCUT2D eigenvalue weighted by atomic mass is 79.9. The largest absolute Gasteiger partial charge is 0.573 e. The average Bonchev–Trinajstić information content (AvgIpc) is 2.08. The van der Waals surface area contributed by atoms with Crippen molar-refractivity contribution in [1.82, 2.24) is 4.98 Å². The molecule has 0 radical (unpaired) electrons. The maximum absolute atomic E-state index is 12.9.